The summed E-state index contributed by atoms with van der Waals surface area (Å²) >= 11 is 12.3. The Morgan fingerprint density at radius 1 is 0.889 bits per heavy atom. The molecule has 0 atom stereocenters. The van der Waals surface area contributed by atoms with E-state index in [4.69, 9.17) is 23.2 Å². The molecule has 0 aliphatic carbocycles. The van der Waals surface area contributed by atoms with Gasteiger partial charge in [0.25, 0.3) is 0 Å². The molecule has 4 aromatic rings. The zero-order chi connectivity index (χ0) is 32.0. The Balaban J connectivity index is 1.30. The second-order valence-electron chi connectivity index (χ2n) is 11.1. The molecule has 1 aromatic heterocycles. The lowest BCUT2D eigenvalue weighted by Crippen LogP contribution is -2.46. The number of piperidine rings is 1. The topological polar surface area (TPSA) is 39.7 Å². The highest BCUT2D eigenvalue weighted by Crippen LogP contribution is 2.30. The molecule has 1 saturated heterocycles. The van der Waals surface area contributed by atoms with Gasteiger partial charge in [-0.15, -0.1) is 0 Å². The molecule has 0 saturated carbocycles. The molecule has 1 fully saturated rings. The van der Waals surface area contributed by atoms with Crippen LogP contribution < -0.4 is 4.90 Å². The van der Waals surface area contributed by atoms with Crippen LogP contribution in [0.25, 0.3) is 6.08 Å². The molecule has 5 rings (SSSR count). The van der Waals surface area contributed by atoms with Gasteiger partial charge in [0.15, 0.2) is 0 Å². The Morgan fingerprint density at radius 2 is 1.51 bits per heavy atom. The maximum absolute atomic E-state index is 13.7. The second kappa shape index (κ2) is 14.5. The predicted octanol–water partition coefficient (Wildman–Crippen LogP) is 8.88. The van der Waals surface area contributed by atoms with Crippen LogP contribution in [0.3, 0.4) is 0 Å². The summed E-state index contributed by atoms with van der Waals surface area (Å²) in [7, 11) is 1.98. The van der Waals surface area contributed by atoms with Gasteiger partial charge >= 0.3 is 6.18 Å². The Bertz CT molecular complexity index is 1610. The number of benzene rings is 3. The number of aromatic nitrogens is 1. The lowest BCUT2D eigenvalue weighted by molar-refractivity contribution is -0.137. The molecule has 0 radical (unpaired) electrons. The van der Waals surface area contributed by atoms with E-state index in [1.165, 1.54) is 18.2 Å². The number of amides is 1. The van der Waals surface area contributed by atoms with Gasteiger partial charge in [-0.2, -0.15) is 13.2 Å². The van der Waals surface area contributed by atoms with E-state index in [-0.39, 0.29) is 11.9 Å². The number of halogens is 5. The van der Waals surface area contributed by atoms with Crippen LogP contribution in [0, 0.1) is 0 Å². The van der Waals surface area contributed by atoms with Crippen LogP contribution in [0.5, 0.6) is 0 Å². The Hall–Kier alpha value is -3.85. The quantitative estimate of drug-likeness (QED) is 0.169. The van der Waals surface area contributed by atoms with Gasteiger partial charge < -0.3 is 9.80 Å². The fourth-order valence-corrected chi connectivity index (χ4v) is 5.78. The van der Waals surface area contributed by atoms with Crippen molar-refractivity contribution in [1.29, 1.82) is 0 Å². The van der Waals surface area contributed by atoms with Crippen molar-refractivity contribution in [3.05, 3.63) is 130 Å². The van der Waals surface area contributed by atoms with Gasteiger partial charge in [0.05, 0.1) is 15.6 Å². The molecule has 1 amide bonds. The van der Waals surface area contributed by atoms with E-state index in [0.717, 1.165) is 67.1 Å². The maximum atomic E-state index is 13.7. The zero-order valence-corrected chi connectivity index (χ0v) is 26.2. The number of alkyl halides is 3. The first kappa shape index (κ1) is 32.5. The first-order valence-electron chi connectivity index (χ1n) is 14.6. The smallest absolute Gasteiger partial charge is 0.345 e. The van der Waals surface area contributed by atoms with E-state index in [2.05, 4.69) is 14.8 Å². The predicted molar refractivity (Wildman–Crippen MR) is 175 cm³/mol. The van der Waals surface area contributed by atoms with Crippen LogP contribution in [-0.4, -0.2) is 46.9 Å². The molecule has 1 aliphatic rings. The fraction of sp³-hybridized carbons (Fsp3) is 0.257. The van der Waals surface area contributed by atoms with Crippen LogP contribution in [0.15, 0.2) is 97.3 Å². The molecular weight excluding hydrogens is 620 g/mol. The molecule has 3 aromatic carbocycles. The molecule has 5 nitrogen and oxygen atoms in total. The molecule has 2 heterocycles. The minimum atomic E-state index is -4.41. The van der Waals surface area contributed by atoms with Crippen molar-refractivity contribution >= 4 is 46.6 Å². The van der Waals surface area contributed by atoms with E-state index in [1.54, 1.807) is 24.5 Å². The van der Waals surface area contributed by atoms with Crippen molar-refractivity contribution in [2.24, 2.45) is 0 Å². The molecule has 45 heavy (non-hydrogen) atoms. The van der Waals surface area contributed by atoms with E-state index in [1.807, 2.05) is 60.5 Å². The summed E-state index contributed by atoms with van der Waals surface area (Å²) in [6.45, 7) is 2.74. The Labute approximate surface area is 271 Å². The number of hydrogen-bond donors (Lipinski definition) is 0. The number of nitrogens with zero attached hydrogens (tertiary/aromatic N) is 4. The molecule has 0 unspecified atom stereocenters. The summed E-state index contributed by atoms with van der Waals surface area (Å²) in [5.74, 6) is -0.184. The maximum Gasteiger partial charge on any atom is 0.416 e. The average Bonchev–Trinajstić information content (AvgIpc) is 3.05. The summed E-state index contributed by atoms with van der Waals surface area (Å²) in [4.78, 5) is 24.0. The van der Waals surface area contributed by atoms with Gasteiger partial charge in [0, 0.05) is 69.1 Å². The van der Waals surface area contributed by atoms with Crippen molar-refractivity contribution in [3.8, 4) is 0 Å². The first-order valence-corrected chi connectivity index (χ1v) is 15.4. The van der Waals surface area contributed by atoms with Crippen molar-refractivity contribution in [2.75, 3.05) is 25.0 Å². The molecule has 0 spiro atoms. The monoisotopic (exact) mass is 652 g/mol. The highest BCUT2D eigenvalue weighted by atomic mass is 35.5. The first-order chi connectivity index (χ1) is 21.6. The van der Waals surface area contributed by atoms with Gasteiger partial charge in [0.1, 0.15) is 0 Å². The summed E-state index contributed by atoms with van der Waals surface area (Å²) in [5, 5.41) is 1.05. The van der Waals surface area contributed by atoms with Gasteiger partial charge in [-0.3, -0.25) is 14.7 Å². The largest absolute Gasteiger partial charge is 0.416 e. The third-order valence-electron chi connectivity index (χ3n) is 8.05. The molecule has 10 heteroatoms. The summed E-state index contributed by atoms with van der Waals surface area (Å²) in [6.07, 6.45) is 3.67. The van der Waals surface area contributed by atoms with Crippen molar-refractivity contribution in [2.45, 2.75) is 38.1 Å². The normalized spacial score (nSPS) is 14.5. The second-order valence-corrected chi connectivity index (χ2v) is 11.9. The van der Waals surface area contributed by atoms with Crippen molar-refractivity contribution in [3.63, 3.8) is 0 Å². The summed E-state index contributed by atoms with van der Waals surface area (Å²) in [5.41, 5.74) is 3.87. The number of hydrogen-bond acceptors (Lipinski definition) is 4. The number of pyridine rings is 1. The summed E-state index contributed by atoms with van der Waals surface area (Å²) in [6, 6.07) is 22.4. The van der Waals surface area contributed by atoms with E-state index < -0.39 is 11.7 Å². The SMILES string of the molecule is CN(c1ccncc1)c1ccc(CN(C(=O)C=Cc2ccc(C(F)(F)F)cc2)C2CCN(Cc3ccc(Cl)c(Cl)c3)CC2)cc1. The van der Waals surface area contributed by atoms with Gasteiger partial charge in [0.2, 0.25) is 5.91 Å². The minimum Gasteiger partial charge on any atom is -0.345 e. The molecule has 0 N–H and O–H groups in total. The number of carbonyl (C=O) groups is 1. The van der Waals surface area contributed by atoms with Crippen LogP contribution in [-0.2, 0) is 24.1 Å². The highest BCUT2D eigenvalue weighted by Gasteiger charge is 2.30. The average molecular weight is 654 g/mol. The van der Waals surface area contributed by atoms with Crippen molar-refractivity contribution in [1.82, 2.24) is 14.8 Å². The molecule has 1 aliphatic heterocycles. The van der Waals surface area contributed by atoms with Crippen LogP contribution in [0.1, 0.15) is 35.1 Å². The lowest BCUT2D eigenvalue weighted by atomic mass is 10.0. The number of anilines is 2. The van der Waals surface area contributed by atoms with Crippen LogP contribution in [0.2, 0.25) is 10.0 Å². The highest BCUT2D eigenvalue weighted by molar-refractivity contribution is 6.42. The third-order valence-corrected chi connectivity index (χ3v) is 8.79. The van der Waals surface area contributed by atoms with Gasteiger partial charge in [-0.1, -0.05) is 53.5 Å². The minimum absolute atomic E-state index is 0.000944. The standard InChI is InChI=1S/C35H33Cl2F3N4O/c1-42(30-14-18-41-19-15-30)29-10-4-26(5-11-29)24-44(34(45)13-7-25-2-8-28(9-3-25)35(38,39)40)31-16-20-43(21-17-31)23-27-6-12-32(36)33(37)22-27/h2-15,18-19,22,31H,16-17,20-21,23-24H2,1H3. The Kier molecular flexibility index (Phi) is 10.5. The summed E-state index contributed by atoms with van der Waals surface area (Å²) < 4.78 is 39.0. The van der Waals surface area contributed by atoms with Crippen LogP contribution in [0.4, 0.5) is 24.5 Å². The number of carbonyl (C=O) groups excluding carboxylic acids is 1. The van der Waals surface area contributed by atoms with E-state index >= 15 is 0 Å². The van der Waals surface area contributed by atoms with Gasteiger partial charge in [-0.05, 0) is 84.1 Å². The van der Waals surface area contributed by atoms with Crippen LogP contribution >= 0.6 is 23.2 Å². The number of rotatable bonds is 9. The third kappa shape index (κ3) is 8.66. The molecule has 0 bridgehead atoms. The number of likely N-dealkylation sites (tertiary alicyclic amines) is 1. The lowest BCUT2D eigenvalue weighted by Gasteiger charge is -2.38. The van der Waals surface area contributed by atoms with E-state index in [0.29, 0.717) is 22.2 Å². The van der Waals surface area contributed by atoms with Gasteiger partial charge in [-0.25, -0.2) is 0 Å². The van der Waals surface area contributed by atoms with E-state index in [9.17, 15) is 18.0 Å². The zero-order valence-electron chi connectivity index (χ0n) is 24.7. The fourth-order valence-electron chi connectivity index (χ4n) is 5.46. The Morgan fingerprint density at radius 3 is 2.13 bits per heavy atom. The molecule has 234 valence electrons. The molecular formula is C35H33Cl2F3N4O. The van der Waals surface area contributed by atoms with Crippen molar-refractivity contribution < 1.29 is 18.0 Å².